The molecular weight excluding hydrogens is 986 g/mol. The van der Waals surface area contributed by atoms with E-state index in [-0.39, 0.29) is 10.7 Å². The summed E-state index contributed by atoms with van der Waals surface area (Å²) in [6.45, 7) is 11.4. The van der Waals surface area contributed by atoms with Crippen LogP contribution in [0.3, 0.4) is 0 Å². The van der Waals surface area contributed by atoms with E-state index in [1.54, 1.807) is 31.7 Å². The van der Waals surface area contributed by atoms with Crippen molar-refractivity contribution in [2.75, 3.05) is 0 Å². The van der Waals surface area contributed by atoms with Gasteiger partial charge in [-0.2, -0.15) is 0 Å². The van der Waals surface area contributed by atoms with Gasteiger partial charge < -0.3 is 24.3 Å². The Balaban J connectivity index is 0.000000518. The van der Waals surface area contributed by atoms with Crippen molar-refractivity contribution in [2.24, 2.45) is 5.92 Å². The number of aliphatic hydroxyl groups excluding tert-OH is 1. The van der Waals surface area contributed by atoms with Gasteiger partial charge in [-0.15, -0.1) is 0 Å². The number of amides is 1. The summed E-state index contributed by atoms with van der Waals surface area (Å²) in [5.74, 6) is -3.30. The van der Waals surface area contributed by atoms with Gasteiger partial charge >= 0.3 is 30.4 Å². The van der Waals surface area contributed by atoms with E-state index in [1.165, 1.54) is 24.3 Å². The molecule has 2 aliphatic rings. The van der Waals surface area contributed by atoms with Gasteiger partial charge in [0.25, 0.3) is 5.69 Å². The van der Waals surface area contributed by atoms with E-state index in [2.05, 4.69) is 9.97 Å². The third-order valence-electron chi connectivity index (χ3n) is 10.1. The fourth-order valence-electron chi connectivity index (χ4n) is 6.20. The summed E-state index contributed by atoms with van der Waals surface area (Å²) >= 11 is -2.08. The van der Waals surface area contributed by atoms with Gasteiger partial charge in [0.15, 0.2) is 19.8 Å². The van der Waals surface area contributed by atoms with E-state index in [4.69, 9.17) is 16.2 Å². The Labute approximate surface area is 350 Å². The molecule has 59 heavy (non-hydrogen) atoms. The number of benzene rings is 2. The average molecular weight is 1030 g/mol. The van der Waals surface area contributed by atoms with Crippen molar-refractivity contribution >= 4 is 35.7 Å². The van der Waals surface area contributed by atoms with Crippen molar-refractivity contribution < 1.29 is 71.1 Å². The van der Waals surface area contributed by atoms with Crippen molar-refractivity contribution in [2.45, 2.75) is 93.0 Å². The number of hydrogen-bond donors (Lipinski definition) is 2. The molecule has 2 aromatic heterocycles. The molecule has 20 heteroatoms. The number of fused-ring (bicyclic) bond motifs is 1. The second kappa shape index (κ2) is 21.0. The third kappa shape index (κ3) is 12.2. The van der Waals surface area contributed by atoms with E-state index in [9.17, 15) is 42.7 Å². The predicted octanol–water partition coefficient (Wildman–Crippen LogP) is 5.23. The van der Waals surface area contributed by atoms with Crippen molar-refractivity contribution in [3.05, 3.63) is 131 Å². The second-order valence-corrected chi connectivity index (χ2v) is 22.2. The van der Waals surface area contributed by atoms with Crippen molar-refractivity contribution in [3.63, 3.8) is 0 Å². The maximum absolute atomic E-state index is 13.6. The van der Waals surface area contributed by atoms with E-state index >= 15 is 0 Å². The first-order chi connectivity index (χ1) is 27.6. The monoisotopic (exact) mass is 1030 g/mol. The fourth-order valence-corrected chi connectivity index (χ4v) is 9.16. The smallest absolute Gasteiger partial charge is 0.0267 e. The molecular formula is C39H47FN4O12OsSSi. The van der Waals surface area contributed by atoms with Crippen LogP contribution in [0.25, 0.3) is 0 Å². The molecule has 320 valence electrons. The average Bonchev–Trinajstić information content (AvgIpc) is 3.47. The predicted molar refractivity (Wildman–Crippen MR) is 208 cm³/mol. The molecule has 6 atom stereocenters. The number of carbonyl (C=O) groups is 2. The number of aliphatic hydroxyl groups is 2. The Bertz CT molecular complexity index is 2060. The fraction of sp³-hybridized carbons (Fsp3) is 0.385. The number of ether oxygens (including phenoxy) is 1. The zero-order chi connectivity index (χ0) is 44.2. The number of pyridine rings is 2. The number of hydrogen-bond acceptors (Lipinski definition) is 14. The minimum Gasteiger partial charge on any atom is -0.265 e. The van der Waals surface area contributed by atoms with Gasteiger partial charge in [0.2, 0.25) is 15.7 Å². The Morgan fingerprint density at radius 2 is 1.49 bits per heavy atom. The van der Waals surface area contributed by atoms with Crippen LogP contribution in [-0.4, -0.2) is 87.8 Å². The molecule has 0 radical (unpaired) electrons. The number of nitro groups is 1. The standard InChI is InChI=1S/C29H37FN2O10SSi.2C5H5N.2O.Os/c1-17(42-44(5,6)28(2,3)4)23-22-15-29(36,27(35)43(39,40)21-13-9-19(30)10-14-21)24(31(22)25(23)33)26(34)41-16-18-7-11-20(12-8-18)32(37)38;2*1-2-4-6-5-3-1;;;/h7-14,17,22-24,27,35-36H,15-16H2,1-6H3;2*1-5H;;;/t17-,22-,23-,24-,27?,29?;;;;;/m1...../s1. The largest absolute Gasteiger partial charge is 0.265 e. The summed E-state index contributed by atoms with van der Waals surface area (Å²) in [6, 6.07) is 17.4. The molecule has 4 heterocycles. The first kappa shape index (κ1) is 48.7. The summed E-state index contributed by atoms with van der Waals surface area (Å²) in [6.07, 6.45) is 5.88. The van der Waals surface area contributed by atoms with Gasteiger partial charge in [0.05, 0.1) is 21.8 Å². The molecule has 16 nitrogen and oxygen atoms in total. The summed E-state index contributed by atoms with van der Waals surface area (Å²) in [4.78, 5) is 45.6. The third-order valence-corrected chi connectivity index (χ3v) is 16.6. The number of β-lactam (4-membered cyclic amide) rings is 1. The number of nitro benzene ring substituents is 1. The molecule has 0 spiro atoms. The van der Waals surface area contributed by atoms with Crippen LogP contribution in [0.2, 0.25) is 18.1 Å². The number of aromatic nitrogens is 2. The minimum atomic E-state index is -4.76. The van der Waals surface area contributed by atoms with Crippen LogP contribution >= 0.6 is 0 Å². The van der Waals surface area contributed by atoms with Crippen LogP contribution < -0.4 is 0 Å². The first-order valence-corrected chi connectivity index (χ1v) is 24.5. The van der Waals surface area contributed by atoms with Gasteiger partial charge in [-0.3, -0.25) is 24.9 Å². The van der Waals surface area contributed by atoms with Gasteiger partial charge in [-0.1, -0.05) is 32.9 Å². The molecule has 6 rings (SSSR count). The molecule has 2 aliphatic heterocycles. The SMILES string of the molecule is C[C@@H](O[Si](C)(C)C(C)(C)C)[C@H]1C(=O)N2[C@@H]1CC(O)(C(O)S(=O)(=O)c1ccc(F)cc1)[C@H]2C(=O)OCc1ccc([N+](=O)[O-])cc1.[O]=[Os]=[O].c1ccncc1.c1ccncc1. The number of halogens is 1. The molecule has 2 N–H and O–H groups in total. The topological polar surface area (TPSA) is 233 Å². The van der Waals surface area contributed by atoms with Crippen LogP contribution in [0, 0.1) is 21.8 Å². The number of rotatable bonds is 10. The number of carbonyl (C=O) groups excluding carboxylic acids is 2. The number of esters is 1. The molecule has 2 fully saturated rings. The molecule has 4 aromatic rings. The van der Waals surface area contributed by atoms with Crippen LogP contribution in [0.15, 0.2) is 115 Å². The summed E-state index contributed by atoms with van der Waals surface area (Å²) < 4.78 is 69.2. The quantitative estimate of drug-likeness (QED) is 0.0517. The van der Waals surface area contributed by atoms with Gasteiger partial charge in [0.1, 0.15) is 18.0 Å². The zero-order valence-electron chi connectivity index (χ0n) is 33.1. The van der Waals surface area contributed by atoms with Crippen LogP contribution in [0.5, 0.6) is 0 Å². The Morgan fingerprint density at radius 1 is 1.00 bits per heavy atom. The first-order valence-electron chi connectivity index (χ1n) is 18.0. The summed E-state index contributed by atoms with van der Waals surface area (Å²) in [5.41, 5.74) is -5.13. The molecule has 2 saturated heterocycles. The van der Waals surface area contributed by atoms with Crippen molar-refractivity contribution in [1.82, 2.24) is 14.9 Å². The number of nitrogens with zero attached hydrogens (tertiary/aromatic N) is 4. The zero-order valence-corrected chi connectivity index (χ0v) is 37.5. The molecule has 2 unspecified atom stereocenters. The van der Waals surface area contributed by atoms with E-state index in [0.717, 1.165) is 29.2 Å². The van der Waals surface area contributed by atoms with Crippen molar-refractivity contribution in [1.29, 1.82) is 0 Å². The number of non-ortho nitro benzene ring substituents is 1. The van der Waals surface area contributed by atoms with Gasteiger partial charge in [0, 0.05) is 49.4 Å². The minimum absolute atomic E-state index is 0.187. The van der Waals surface area contributed by atoms with Gasteiger partial charge in [-0.05, 0) is 91.3 Å². The Morgan fingerprint density at radius 3 is 1.90 bits per heavy atom. The van der Waals surface area contributed by atoms with E-state index < -0.39 is 111 Å². The molecule has 1 amide bonds. The van der Waals surface area contributed by atoms with Crippen LogP contribution in [0.1, 0.15) is 39.7 Å². The van der Waals surface area contributed by atoms with Crippen LogP contribution in [0.4, 0.5) is 10.1 Å². The summed E-state index contributed by atoms with van der Waals surface area (Å²) in [7, 11) is -7.13. The van der Waals surface area contributed by atoms with Crippen LogP contribution in [-0.2, 0) is 59.6 Å². The second-order valence-electron chi connectivity index (χ2n) is 15.0. The summed E-state index contributed by atoms with van der Waals surface area (Å²) in [5, 5.41) is 33.9. The molecule has 0 bridgehead atoms. The Hall–Kier alpha value is -4.71. The van der Waals surface area contributed by atoms with E-state index in [1.807, 2.05) is 70.3 Å². The molecule has 0 saturated carbocycles. The van der Waals surface area contributed by atoms with Gasteiger partial charge in [-0.25, -0.2) is 17.6 Å². The number of sulfone groups is 1. The molecule has 2 aromatic carbocycles. The normalized spacial score (nSPS) is 20.7. The maximum Gasteiger partial charge on any atom is 0.0267 e. The molecule has 0 aliphatic carbocycles. The van der Waals surface area contributed by atoms with Crippen molar-refractivity contribution in [3.8, 4) is 0 Å². The van der Waals surface area contributed by atoms with E-state index in [0.29, 0.717) is 5.56 Å². The maximum atomic E-state index is 13.6. The Kier molecular flexibility index (Phi) is 17.3.